The number of hydrogen-bond acceptors (Lipinski definition) is 14. The summed E-state index contributed by atoms with van der Waals surface area (Å²) in [5.41, 5.74) is 11.8. The van der Waals surface area contributed by atoms with Crippen LogP contribution in [-0.2, 0) is 28.8 Å². The number of aliphatic hydroxyl groups is 2. The Labute approximate surface area is 337 Å². The number of carbonyl (C=O) groups excluding carboxylic acids is 8. The van der Waals surface area contributed by atoms with Gasteiger partial charge in [-0.05, 0) is 50.2 Å². The summed E-state index contributed by atoms with van der Waals surface area (Å²) in [5.74, 6) is -6.09. The average molecular weight is 837 g/mol. The van der Waals surface area contributed by atoms with Gasteiger partial charge in [-0.15, -0.1) is 0 Å². The quantitative estimate of drug-likeness (QED) is 0.0456. The highest BCUT2D eigenvalue weighted by molar-refractivity contribution is 8.76. The lowest BCUT2D eigenvalue weighted by molar-refractivity contribution is -0.130. The molecule has 0 spiro atoms. The van der Waals surface area contributed by atoms with Crippen molar-refractivity contribution in [1.82, 2.24) is 41.9 Å². The zero-order chi connectivity index (χ0) is 42.5. The molecule has 8 amide bonds. The van der Waals surface area contributed by atoms with E-state index in [1.807, 2.05) is 0 Å². The van der Waals surface area contributed by atoms with Crippen molar-refractivity contribution in [2.45, 2.75) is 47.9 Å². The van der Waals surface area contributed by atoms with Crippen molar-refractivity contribution < 1.29 is 48.6 Å². The Bertz CT molecular complexity index is 2080. The molecule has 58 heavy (non-hydrogen) atoms. The molecule has 0 bridgehead atoms. The molecule has 4 atom stereocenters. The maximum Gasteiger partial charge on any atom is 0.251 e. The van der Waals surface area contributed by atoms with Crippen molar-refractivity contribution >= 4 is 90.7 Å². The Kier molecular flexibility index (Phi) is 15.8. The van der Waals surface area contributed by atoms with Gasteiger partial charge in [-0.1, -0.05) is 33.7 Å². The summed E-state index contributed by atoms with van der Waals surface area (Å²) < 4.78 is 0. The molecule has 0 fully saturated rings. The van der Waals surface area contributed by atoms with Crippen molar-refractivity contribution in [1.29, 1.82) is 0 Å². The van der Waals surface area contributed by atoms with Gasteiger partial charge in [0.15, 0.2) is 0 Å². The van der Waals surface area contributed by atoms with Gasteiger partial charge in [0.25, 0.3) is 11.8 Å². The zero-order valence-corrected chi connectivity index (χ0v) is 32.6. The molecule has 0 unspecified atom stereocenters. The van der Waals surface area contributed by atoms with Gasteiger partial charge < -0.3 is 53.6 Å². The minimum atomic E-state index is -1.35. The third kappa shape index (κ3) is 12.6. The molecule has 2 heterocycles. The summed E-state index contributed by atoms with van der Waals surface area (Å²) in [6, 6.07) is 10.5. The summed E-state index contributed by atoms with van der Waals surface area (Å²) >= 11 is 0. The second kappa shape index (κ2) is 20.7. The van der Waals surface area contributed by atoms with E-state index in [2.05, 4.69) is 41.9 Å². The van der Waals surface area contributed by atoms with E-state index < -0.39 is 97.7 Å². The second-order valence-corrected chi connectivity index (χ2v) is 14.8. The number of fused-ring (bicyclic) bond motifs is 2. The molecule has 22 heteroatoms. The molecule has 20 nitrogen and oxygen atoms in total. The summed E-state index contributed by atoms with van der Waals surface area (Å²) in [6.45, 7) is 0.468. The zero-order valence-electron chi connectivity index (χ0n) is 30.9. The number of pyridine rings is 2. The first-order chi connectivity index (χ1) is 27.5. The molecule has 2 aromatic carbocycles. The first kappa shape index (κ1) is 44.4. The van der Waals surface area contributed by atoms with Gasteiger partial charge in [-0.25, -0.2) is 0 Å². The Morgan fingerprint density at radius 2 is 0.948 bits per heavy atom. The van der Waals surface area contributed by atoms with E-state index in [9.17, 15) is 48.6 Å². The highest BCUT2D eigenvalue weighted by atomic mass is 33.1. The smallest absolute Gasteiger partial charge is 0.251 e. The van der Waals surface area contributed by atoms with Gasteiger partial charge in [0, 0.05) is 44.1 Å². The lowest BCUT2D eigenvalue weighted by Gasteiger charge is -2.18. The predicted octanol–water partition coefficient (Wildman–Crippen LogP) is -2.02. The number of aromatic nitrogens is 2. The van der Waals surface area contributed by atoms with Crippen molar-refractivity contribution in [2.75, 3.05) is 26.2 Å². The molecule has 0 radical (unpaired) electrons. The van der Waals surface area contributed by atoms with Crippen molar-refractivity contribution in [3.8, 4) is 0 Å². The highest BCUT2D eigenvalue weighted by Gasteiger charge is 2.25. The van der Waals surface area contributed by atoms with Crippen LogP contribution >= 0.6 is 21.6 Å². The lowest BCUT2D eigenvalue weighted by atomic mass is 10.1. The third-order valence-electron chi connectivity index (χ3n) is 8.01. The molecule has 12 N–H and O–H groups in total. The van der Waals surface area contributed by atoms with E-state index >= 15 is 0 Å². The van der Waals surface area contributed by atoms with E-state index in [-0.39, 0.29) is 11.1 Å². The number of nitrogens with two attached hydrogens (primary N) is 2. The molecule has 4 rings (SSSR count). The van der Waals surface area contributed by atoms with Crippen LogP contribution in [0.5, 0.6) is 0 Å². The van der Waals surface area contributed by atoms with Crippen LogP contribution in [0.1, 0.15) is 34.6 Å². The number of nitrogens with zero attached hydrogens (tertiary/aromatic N) is 2. The van der Waals surface area contributed by atoms with E-state index in [1.165, 1.54) is 35.4 Å². The minimum Gasteiger partial charge on any atom is -0.391 e. The second-order valence-electron chi connectivity index (χ2n) is 12.6. The number of aliphatic hydroxyl groups excluding tert-OH is 2. The van der Waals surface area contributed by atoms with Crippen LogP contribution in [0.2, 0.25) is 0 Å². The molecule has 0 aliphatic carbocycles. The minimum absolute atomic E-state index is 0.192. The van der Waals surface area contributed by atoms with Crippen LogP contribution in [0, 0.1) is 0 Å². The Morgan fingerprint density at radius 1 is 0.586 bits per heavy atom. The fourth-order valence-electron chi connectivity index (χ4n) is 5.11. The Morgan fingerprint density at radius 3 is 1.29 bits per heavy atom. The maximum atomic E-state index is 13.2. The van der Waals surface area contributed by atoms with Gasteiger partial charge in [0.1, 0.15) is 12.1 Å². The van der Waals surface area contributed by atoms with Gasteiger partial charge in [-0.2, -0.15) is 0 Å². The molecule has 4 aromatic rings. The molecule has 0 saturated carbocycles. The van der Waals surface area contributed by atoms with Gasteiger partial charge in [0.2, 0.25) is 35.4 Å². The van der Waals surface area contributed by atoms with Gasteiger partial charge >= 0.3 is 0 Å². The lowest BCUT2D eigenvalue weighted by Crippen LogP contribution is -2.53. The van der Waals surface area contributed by atoms with E-state index in [4.69, 9.17) is 11.5 Å². The van der Waals surface area contributed by atoms with Crippen LogP contribution in [0.15, 0.2) is 70.7 Å². The Balaban J connectivity index is 1.41. The first-order valence-corrected chi connectivity index (χ1v) is 19.4. The molecular formula is C36H40N10O10S2. The summed E-state index contributed by atoms with van der Waals surface area (Å²) in [6.07, 6.45) is 0.662. The molecule has 0 aliphatic rings. The molecular weight excluding hydrogens is 797 g/mol. The molecule has 2 aromatic heterocycles. The van der Waals surface area contributed by atoms with E-state index in [1.54, 1.807) is 60.9 Å². The maximum absolute atomic E-state index is 13.2. The molecule has 0 aliphatic heterocycles. The number of amides is 8. The molecule has 0 saturated heterocycles. The third-order valence-corrected chi connectivity index (χ3v) is 10.4. The molecule has 306 valence electrons. The number of rotatable bonds is 19. The number of benzene rings is 2. The SMILES string of the molecule is C[C@H](O)[C@H](NC(=O)CNC(=O)CNC(=O)c1cc(SSc2cc(C(=O)NCC(=O)NCC(=O)N[C@H](C(N)=O)[C@H](C)O)cc3cccnc23)c2ncccc2c1)C(N)=O. The average Bonchev–Trinajstić information content (AvgIpc) is 3.19. The predicted molar refractivity (Wildman–Crippen MR) is 211 cm³/mol. The standard InChI is InChI=1S/C36H40N10O10S2/c1-17(47)29(33(37)53)45-27(51)15-41-25(49)13-43-35(55)21-9-19-5-3-7-39-31(19)23(11-21)57-58-24-12-22(10-20-6-4-8-40-32(20)24)36(56)44-14-26(50)42-16-28(52)46-30(18(2)48)34(38)54/h3-12,17-18,29-30,47-48H,13-16H2,1-2H3,(H2,37,53)(H2,38,54)(H,41,49)(H,42,50)(H,43,55)(H,44,56)(H,45,51)(H,46,52)/t17-,18-,29-,30-/m0/s1. The monoisotopic (exact) mass is 836 g/mol. The van der Waals surface area contributed by atoms with Crippen LogP contribution in [-0.4, -0.2) is 118 Å². The fourth-order valence-corrected chi connectivity index (χ4v) is 7.44. The van der Waals surface area contributed by atoms with Gasteiger partial charge in [0.05, 0.1) is 49.4 Å². The Hall–Kier alpha value is -6.36. The fraction of sp³-hybridized carbons (Fsp3) is 0.278. The number of nitrogens with one attached hydrogen (secondary N) is 6. The first-order valence-electron chi connectivity index (χ1n) is 17.3. The van der Waals surface area contributed by atoms with Crippen LogP contribution in [0.25, 0.3) is 21.8 Å². The van der Waals surface area contributed by atoms with Crippen molar-refractivity contribution in [3.05, 3.63) is 72.1 Å². The topological polar surface area (TPSA) is 327 Å². The van der Waals surface area contributed by atoms with Crippen molar-refractivity contribution in [2.24, 2.45) is 11.5 Å². The van der Waals surface area contributed by atoms with E-state index in [0.29, 0.717) is 31.6 Å². The summed E-state index contributed by atoms with van der Waals surface area (Å²) in [7, 11) is 2.46. The van der Waals surface area contributed by atoms with Crippen LogP contribution < -0.4 is 43.4 Å². The van der Waals surface area contributed by atoms with E-state index in [0.717, 1.165) is 0 Å². The number of carbonyl (C=O) groups is 8. The largest absolute Gasteiger partial charge is 0.391 e. The number of hydrogen-bond donors (Lipinski definition) is 10. The normalized spacial score (nSPS) is 13.0. The van der Waals surface area contributed by atoms with Crippen molar-refractivity contribution in [3.63, 3.8) is 0 Å². The van der Waals surface area contributed by atoms with Crippen LogP contribution in [0.3, 0.4) is 0 Å². The summed E-state index contributed by atoms with van der Waals surface area (Å²) in [4.78, 5) is 108. The summed E-state index contributed by atoms with van der Waals surface area (Å²) in [5, 5.41) is 34.5. The van der Waals surface area contributed by atoms with Crippen LogP contribution in [0.4, 0.5) is 0 Å². The van der Waals surface area contributed by atoms with Gasteiger partial charge in [-0.3, -0.25) is 48.3 Å². The number of primary amides is 2. The highest BCUT2D eigenvalue weighted by Crippen LogP contribution is 2.43.